The summed E-state index contributed by atoms with van der Waals surface area (Å²) in [6, 6.07) is 1.73. The summed E-state index contributed by atoms with van der Waals surface area (Å²) in [5, 5.41) is 8.96. The van der Waals surface area contributed by atoms with E-state index in [2.05, 4.69) is 21.5 Å². The summed E-state index contributed by atoms with van der Waals surface area (Å²) >= 11 is 0. The molecule has 2 aromatic rings. The van der Waals surface area contributed by atoms with Gasteiger partial charge in [-0.1, -0.05) is 6.92 Å². The van der Waals surface area contributed by atoms with E-state index in [1.165, 1.54) is 0 Å². The number of aromatic nitrogens is 3. The van der Waals surface area contributed by atoms with Gasteiger partial charge >= 0.3 is 0 Å². The van der Waals surface area contributed by atoms with Crippen LogP contribution < -0.4 is 5.73 Å². The number of aliphatic hydroxyl groups excluding tert-OH is 1. The molecule has 5 heteroatoms. The molecule has 0 amide bonds. The first-order chi connectivity index (χ1) is 8.27. The molecule has 92 valence electrons. The Bertz CT molecular complexity index is 494. The summed E-state index contributed by atoms with van der Waals surface area (Å²) in [5.41, 5.74) is 7.96. The van der Waals surface area contributed by atoms with Crippen LogP contribution in [0.1, 0.15) is 31.6 Å². The lowest BCUT2D eigenvalue weighted by molar-refractivity contribution is 0.273. The molecule has 3 N–H and O–H groups in total. The van der Waals surface area contributed by atoms with E-state index < -0.39 is 0 Å². The number of nitrogens with two attached hydrogens (primary N) is 1. The number of nitrogens with zero attached hydrogens (tertiary/aromatic N) is 3. The van der Waals surface area contributed by atoms with Gasteiger partial charge in [0, 0.05) is 19.3 Å². The first kappa shape index (κ1) is 12.0. The zero-order valence-electron chi connectivity index (χ0n) is 10.0. The van der Waals surface area contributed by atoms with Crippen LogP contribution in [0.2, 0.25) is 0 Å². The lowest BCUT2D eigenvalue weighted by atomic mass is 10.2. The van der Waals surface area contributed by atoms with Gasteiger partial charge in [-0.3, -0.25) is 4.98 Å². The minimum atomic E-state index is -0.223. The van der Waals surface area contributed by atoms with Gasteiger partial charge in [0.2, 0.25) is 0 Å². The molecule has 0 aromatic carbocycles. The predicted octanol–water partition coefficient (Wildman–Crippen LogP) is 1.22. The van der Waals surface area contributed by atoms with Crippen molar-refractivity contribution < 1.29 is 5.11 Å². The zero-order valence-corrected chi connectivity index (χ0v) is 10.0. The molecule has 2 rings (SSSR count). The van der Waals surface area contributed by atoms with E-state index in [4.69, 9.17) is 10.8 Å². The molecule has 0 saturated carbocycles. The van der Waals surface area contributed by atoms with Gasteiger partial charge in [-0.05, 0) is 18.9 Å². The molecular weight excluding hydrogens is 216 g/mol. The largest absolute Gasteiger partial charge is 0.396 e. The van der Waals surface area contributed by atoms with Crippen LogP contribution in [-0.4, -0.2) is 26.2 Å². The number of rotatable bonds is 5. The standard InChI is InChI=1S/C12H18N4O/c1-2-6-16-11-3-5-14-8-10(11)15-12(16)9(13)4-7-17/h3,5,8-9,17H,2,4,6-7,13H2,1H3. The predicted molar refractivity (Wildman–Crippen MR) is 66.5 cm³/mol. The molecule has 2 heterocycles. The quantitative estimate of drug-likeness (QED) is 0.815. The van der Waals surface area contributed by atoms with E-state index in [9.17, 15) is 0 Å². The van der Waals surface area contributed by atoms with E-state index in [0.29, 0.717) is 6.42 Å². The van der Waals surface area contributed by atoms with E-state index >= 15 is 0 Å². The normalized spacial score (nSPS) is 13.1. The fourth-order valence-electron chi connectivity index (χ4n) is 2.01. The average molecular weight is 234 g/mol. The third-order valence-electron chi connectivity index (χ3n) is 2.80. The summed E-state index contributed by atoms with van der Waals surface area (Å²) < 4.78 is 2.12. The number of aryl methyl sites for hydroxylation is 1. The van der Waals surface area contributed by atoms with Crippen molar-refractivity contribution in [1.82, 2.24) is 14.5 Å². The Hall–Kier alpha value is -1.46. The van der Waals surface area contributed by atoms with Crippen molar-refractivity contribution in [2.24, 2.45) is 5.73 Å². The molecule has 1 unspecified atom stereocenters. The second-order valence-electron chi connectivity index (χ2n) is 4.10. The minimum Gasteiger partial charge on any atom is -0.396 e. The molecule has 17 heavy (non-hydrogen) atoms. The fraction of sp³-hybridized carbons (Fsp3) is 0.500. The van der Waals surface area contributed by atoms with Gasteiger partial charge in [0.15, 0.2) is 0 Å². The van der Waals surface area contributed by atoms with Crippen molar-refractivity contribution in [2.75, 3.05) is 6.61 Å². The topological polar surface area (TPSA) is 77.0 Å². The number of pyridine rings is 1. The Balaban J connectivity index is 2.49. The van der Waals surface area contributed by atoms with E-state index in [0.717, 1.165) is 29.8 Å². The molecule has 1 atom stereocenters. The van der Waals surface area contributed by atoms with Gasteiger partial charge in [0.25, 0.3) is 0 Å². The van der Waals surface area contributed by atoms with Crippen LogP contribution in [0.5, 0.6) is 0 Å². The van der Waals surface area contributed by atoms with Gasteiger partial charge in [-0.2, -0.15) is 0 Å². The van der Waals surface area contributed by atoms with Crippen LogP contribution in [0.4, 0.5) is 0 Å². The maximum atomic E-state index is 8.96. The number of fused-ring (bicyclic) bond motifs is 1. The summed E-state index contributed by atoms with van der Waals surface area (Å²) in [5.74, 6) is 0.837. The number of hydrogen-bond donors (Lipinski definition) is 2. The lowest BCUT2D eigenvalue weighted by Crippen LogP contribution is -2.18. The van der Waals surface area contributed by atoms with Crippen molar-refractivity contribution in [2.45, 2.75) is 32.4 Å². The van der Waals surface area contributed by atoms with Crippen molar-refractivity contribution in [1.29, 1.82) is 0 Å². The molecule has 0 aliphatic rings. The van der Waals surface area contributed by atoms with Gasteiger partial charge in [0.1, 0.15) is 11.3 Å². The van der Waals surface area contributed by atoms with Crippen LogP contribution in [0.3, 0.4) is 0 Å². The maximum absolute atomic E-state index is 8.96. The SMILES string of the molecule is CCCn1c(C(N)CCO)nc2cnccc21. The number of aliphatic hydroxyl groups is 1. The number of imidazole rings is 1. The van der Waals surface area contributed by atoms with Crippen LogP contribution in [0.25, 0.3) is 11.0 Å². The molecule has 0 bridgehead atoms. The van der Waals surface area contributed by atoms with Crippen molar-refractivity contribution in [3.8, 4) is 0 Å². The summed E-state index contributed by atoms with van der Waals surface area (Å²) in [4.78, 5) is 8.58. The first-order valence-electron chi connectivity index (χ1n) is 5.94. The first-order valence-corrected chi connectivity index (χ1v) is 5.94. The Morgan fingerprint density at radius 2 is 2.35 bits per heavy atom. The second kappa shape index (κ2) is 5.25. The molecular formula is C12H18N4O. The third-order valence-corrected chi connectivity index (χ3v) is 2.80. The van der Waals surface area contributed by atoms with Crippen LogP contribution in [0, 0.1) is 0 Å². The van der Waals surface area contributed by atoms with Crippen LogP contribution in [-0.2, 0) is 6.54 Å². The molecule has 0 aliphatic carbocycles. The van der Waals surface area contributed by atoms with Crippen LogP contribution in [0.15, 0.2) is 18.5 Å². The molecule has 0 aliphatic heterocycles. The highest BCUT2D eigenvalue weighted by Crippen LogP contribution is 2.20. The lowest BCUT2D eigenvalue weighted by Gasteiger charge is -2.12. The summed E-state index contributed by atoms with van der Waals surface area (Å²) in [6.45, 7) is 3.08. The third kappa shape index (κ3) is 2.30. The molecule has 0 fully saturated rings. The monoisotopic (exact) mass is 234 g/mol. The molecule has 0 saturated heterocycles. The highest BCUT2D eigenvalue weighted by atomic mass is 16.3. The van der Waals surface area contributed by atoms with Gasteiger partial charge in [-0.15, -0.1) is 0 Å². The zero-order chi connectivity index (χ0) is 12.3. The summed E-state index contributed by atoms with van der Waals surface area (Å²) in [6.07, 6.45) is 5.06. The van der Waals surface area contributed by atoms with Crippen molar-refractivity contribution in [3.63, 3.8) is 0 Å². The highest BCUT2D eigenvalue weighted by Gasteiger charge is 2.15. The Morgan fingerprint density at radius 3 is 3.06 bits per heavy atom. The van der Waals surface area contributed by atoms with Crippen LogP contribution >= 0.6 is 0 Å². The minimum absolute atomic E-state index is 0.0781. The molecule has 2 aromatic heterocycles. The van der Waals surface area contributed by atoms with E-state index in [1.54, 1.807) is 12.4 Å². The Labute approximate surface area is 100 Å². The van der Waals surface area contributed by atoms with Crippen molar-refractivity contribution in [3.05, 3.63) is 24.3 Å². The second-order valence-corrected chi connectivity index (χ2v) is 4.10. The highest BCUT2D eigenvalue weighted by molar-refractivity contribution is 5.74. The number of hydrogen-bond acceptors (Lipinski definition) is 4. The van der Waals surface area contributed by atoms with Gasteiger partial charge < -0.3 is 15.4 Å². The Kier molecular flexibility index (Phi) is 3.71. The molecule has 5 nitrogen and oxygen atoms in total. The molecule has 0 radical (unpaired) electrons. The smallest absolute Gasteiger partial charge is 0.127 e. The maximum Gasteiger partial charge on any atom is 0.127 e. The van der Waals surface area contributed by atoms with E-state index in [-0.39, 0.29) is 12.6 Å². The molecule has 0 spiro atoms. The Morgan fingerprint density at radius 1 is 1.53 bits per heavy atom. The van der Waals surface area contributed by atoms with E-state index in [1.807, 2.05) is 6.07 Å². The average Bonchev–Trinajstić information content (AvgIpc) is 2.70. The fourth-order valence-corrected chi connectivity index (χ4v) is 2.01. The summed E-state index contributed by atoms with van der Waals surface area (Å²) in [7, 11) is 0. The van der Waals surface area contributed by atoms with Gasteiger partial charge in [0.05, 0.1) is 17.8 Å². The van der Waals surface area contributed by atoms with Gasteiger partial charge in [-0.25, -0.2) is 4.98 Å². The van der Waals surface area contributed by atoms with Crippen molar-refractivity contribution >= 4 is 11.0 Å².